The number of likely N-dealkylation sites (N-methyl/N-ethyl adjacent to an activating group) is 1. The number of benzene rings is 2. The van der Waals surface area contributed by atoms with Crippen molar-refractivity contribution in [3.05, 3.63) is 65.2 Å². The molecule has 1 aliphatic carbocycles. The average molecular weight is 382 g/mol. The topological polar surface area (TPSA) is 53.6 Å². The Morgan fingerprint density at radius 2 is 1.79 bits per heavy atom. The number of methoxy groups -OCH3 is 1. The Morgan fingerprint density at radius 3 is 2.43 bits per heavy atom. The molecule has 2 amide bonds. The van der Waals surface area contributed by atoms with Crippen LogP contribution >= 0.6 is 0 Å². The summed E-state index contributed by atoms with van der Waals surface area (Å²) >= 11 is 0. The van der Waals surface area contributed by atoms with Gasteiger partial charge in [0.15, 0.2) is 0 Å². The molecule has 2 aromatic rings. The monoisotopic (exact) mass is 381 g/mol. The van der Waals surface area contributed by atoms with Gasteiger partial charge >= 0.3 is 6.03 Å². The molecule has 1 fully saturated rings. The molecule has 150 valence electrons. The van der Waals surface area contributed by atoms with Crippen LogP contribution in [-0.4, -0.2) is 45.2 Å². The fourth-order valence-electron chi connectivity index (χ4n) is 3.87. The van der Waals surface area contributed by atoms with Crippen molar-refractivity contribution in [1.82, 2.24) is 15.5 Å². The van der Waals surface area contributed by atoms with E-state index in [1.165, 1.54) is 11.1 Å². The van der Waals surface area contributed by atoms with Crippen molar-refractivity contribution in [3.8, 4) is 5.75 Å². The van der Waals surface area contributed by atoms with E-state index >= 15 is 0 Å². The van der Waals surface area contributed by atoms with E-state index in [2.05, 4.69) is 46.7 Å². The first kappa shape index (κ1) is 20.2. The normalized spacial score (nSPS) is 15.8. The Bertz CT molecular complexity index is 815. The van der Waals surface area contributed by atoms with Crippen LogP contribution in [0, 0.1) is 6.92 Å². The summed E-state index contributed by atoms with van der Waals surface area (Å²) in [4.78, 5) is 14.6. The predicted molar refractivity (Wildman–Crippen MR) is 113 cm³/mol. The highest BCUT2D eigenvalue weighted by molar-refractivity contribution is 5.74. The number of nitrogens with zero attached hydrogens (tertiary/aromatic N) is 1. The van der Waals surface area contributed by atoms with Crippen LogP contribution in [0.5, 0.6) is 5.75 Å². The highest BCUT2D eigenvalue weighted by atomic mass is 16.5. The Hall–Kier alpha value is -2.53. The van der Waals surface area contributed by atoms with Gasteiger partial charge in [-0.15, -0.1) is 0 Å². The number of hydrogen-bond donors (Lipinski definition) is 2. The van der Waals surface area contributed by atoms with Crippen LogP contribution in [0.2, 0.25) is 0 Å². The van der Waals surface area contributed by atoms with Gasteiger partial charge in [0.25, 0.3) is 0 Å². The third kappa shape index (κ3) is 4.47. The van der Waals surface area contributed by atoms with Crippen molar-refractivity contribution >= 4 is 6.03 Å². The molecule has 2 aromatic carbocycles. The van der Waals surface area contributed by atoms with Crippen molar-refractivity contribution in [2.24, 2.45) is 0 Å². The molecule has 3 rings (SSSR count). The maximum absolute atomic E-state index is 12.5. The first-order chi connectivity index (χ1) is 13.5. The maximum Gasteiger partial charge on any atom is 0.314 e. The summed E-state index contributed by atoms with van der Waals surface area (Å²) in [5.41, 5.74) is 3.82. The van der Waals surface area contributed by atoms with Gasteiger partial charge < -0.3 is 20.3 Å². The Kier molecular flexibility index (Phi) is 6.25. The minimum absolute atomic E-state index is 0.0353. The van der Waals surface area contributed by atoms with Gasteiger partial charge in [-0.25, -0.2) is 4.79 Å². The standard InChI is InChI=1S/C23H31N3O2/c1-17-9-5-7-11-19(17)23(13-14-23)16-25-22(27)24-15-20(26(2)3)18-10-6-8-12-21(18)28-4/h5-12,20H,13-16H2,1-4H3,(H2,24,25,27). The van der Waals surface area contributed by atoms with E-state index in [0.29, 0.717) is 13.1 Å². The molecule has 5 nitrogen and oxygen atoms in total. The van der Waals surface area contributed by atoms with Crippen LogP contribution in [0.25, 0.3) is 0 Å². The first-order valence-corrected chi connectivity index (χ1v) is 9.84. The van der Waals surface area contributed by atoms with E-state index < -0.39 is 0 Å². The fraction of sp³-hybridized carbons (Fsp3) is 0.435. The minimum Gasteiger partial charge on any atom is -0.496 e. The molecule has 2 N–H and O–H groups in total. The molecule has 1 atom stereocenters. The second-order valence-corrected chi connectivity index (χ2v) is 7.88. The molecule has 1 aliphatic rings. The summed E-state index contributed by atoms with van der Waals surface area (Å²) in [7, 11) is 5.69. The number of carbonyl (C=O) groups excluding carboxylic acids is 1. The molecule has 0 aromatic heterocycles. The number of aryl methyl sites for hydroxylation is 1. The Morgan fingerprint density at radius 1 is 1.11 bits per heavy atom. The van der Waals surface area contributed by atoms with Gasteiger partial charge in [-0.2, -0.15) is 0 Å². The van der Waals surface area contributed by atoms with Gasteiger partial charge in [-0.1, -0.05) is 42.5 Å². The summed E-state index contributed by atoms with van der Waals surface area (Å²) < 4.78 is 5.49. The van der Waals surface area contributed by atoms with Gasteiger partial charge in [0, 0.05) is 24.1 Å². The van der Waals surface area contributed by atoms with E-state index in [9.17, 15) is 4.79 Å². The van der Waals surface area contributed by atoms with Crippen LogP contribution in [0.3, 0.4) is 0 Å². The third-order valence-electron chi connectivity index (χ3n) is 5.73. The third-order valence-corrected chi connectivity index (χ3v) is 5.73. The van der Waals surface area contributed by atoms with Crippen LogP contribution < -0.4 is 15.4 Å². The lowest BCUT2D eigenvalue weighted by molar-refractivity contribution is 0.231. The van der Waals surface area contributed by atoms with Gasteiger partial charge in [-0.05, 0) is 51.1 Å². The number of amides is 2. The van der Waals surface area contributed by atoms with Crippen molar-refractivity contribution < 1.29 is 9.53 Å². The van der Waals surface area contributed by atoms with E-state index in [1.54, 1.807) is 7.11 Å². The van der Waals surface area contributed by atoms with Crippen molar-refractivity contribution in [2.45, 2.75) is 31.2 Å². The largest absolute Gasteiger partial charge is 0.496 e. The zero-order valence-electron chi connectivity index (χ0n) is 17.3. The molecular formula is C23H31N3O2. The molecule has 0 bridgehead atoms. The molecule has 0 heterocycles. The zero-order chi connectivity index (χ0) is 20.1. The smallest absolute Gasteiger partial charge is 0.314 e. The molecule has 0 spiro atoms. The molecule has 0 radical (unpaired) electrons. The maximum atomic E-state index is 12.5. The molecular weight excluding hydrogens is 350 g/mol. The molecule has 5 heteroatoms. The van der Waals surface area contributed by atoms with Gasteiger partial charge in [0.1, 0.15) is 5.75 Å². The molecule has 1 unspecified atom stereocenters. The summed E-state index contributed by atoms with van der Waals surface area (Å²) in [5.74, 6) is 0.833. The first-order valence-electron chi connectivity index (χ1n) is 9.84. The highest BCUT2D eigenvalue weighted by Gasteiger charge is 2.45. The van der Waals surface area contributed by atoms with Crippen molar-refractivity contribution in [3.63, 3.8) is 0 Å². The van der Waals surface area contributed by atoms with Crippen LogP contribution in [-0.2, 0) is 5.41 Å². The lowest BCUT2D eigenvalue weighted by Crippen LogP contribution is -2.43. The van der Waals surface area contributed by atoms with Gasteiger partial charge in [0.05, 0.1) is 13.2 Å². The molecule has 28 heavy (non-hydrogen) atoms. The lowest BCUT2D eigenvalue weighted by Gasteiger charge is -2.27. The second-order valence-electron chi connectivity index (χ2n) is 7.88. The van der Waals surface area contributed by atoms with Crippen molar-refractivity contribution in [1.29, 1.82) is 0 Å². The predicted octanol–water partition coefficient (Wildman–Crippen LogP) is 3.64. The van der Waals surface area contributed by atoms with Gasteiger partial charge in [0.2, 0.25) is 0 Å². The van der Waals surface area contributed by atoms with E-state index in [0.717, 1.165) is 24.2 Å². The fourth-order valence-corrected chi connectivity index (χ4v) is 3.87. The van der Waals surface area contributed by atoms with Crippen LogP contribution in [0.1, 0.15) is 35.6 Å². The SMILES string of the molecule is COc1ccccc1C(CNC(=O)NCC1(c2ccccc2C)CC1)N(C)C. The van der Waals surface area contributed by atoms with E-state index in [4.69, 9.17) is 4.74 Å². The summed E-state index contributed by atoms with van der Waals surface area (Å²) in [6, 6.07) is 16.3. The molecule has 0 aliphatic heterocycles. The van der Waals surface area contributed by atoms with E-state index in [1.807, 2.05) is 38.4 Å². The lowest BCUT2D eigenvalue weighted by atomic mass is 9.92. The summed E-state index contributed by atoms with van der Waals surface area (Å²) in [5, 5.41) is 6.12. The van der Waals surface area contributed by atoms with Gasteiger partial charge in [-0.3, -0.25) is 0 Å². The number of hydrogen-bond acceptors (Lipinski definition) is 3. The number of para-hydroxylation sites is 1. The van der Waals surface area contributed by atoms with Crippen molar-refractivity contribution in [2.75, 3.05) is 34.3 Å². The minimum atomic E-state index is -0.124. The quantitative estimate of drug-likeness (QED) is 0.734. The van der Waals surface area contributed by atoms with Crippen LogP contribution in [0.15, 0.2) is 48.5 Å². The average Bonchev–Trinajstić information content (AvgIpc) is 3.48. The van der Waals surface area contributed by atoms with E-state index in [-0.39, 0.29) is 17.5 Å². The second kappa shape index (κ2) is 8.65. The number of nitrogens with one attached hydrogen (secondary N) is 2. The van der Waals surface area contributed by atoms with Crippen LogP contribution in [0.4, 0.5) is 4.79 Å². The molecule has 1 saturated carbocycles. The summed E-state index contributed by atoms with van der Waals surface area (Å²) in [6.07, 6.45) is 2.25. The molecule has 0 saturated heterocycles. The number of urea groups is 1. The zero-order valence-corrected chi connectivity index (χ0v) is 17.3. The summed E-state index contributed by atoms with van der Waals surface area (Å²) in [6.45, 7) is 3.33. The number of carbonyl (C=O) groups is 1. The highest BCUT2D eigenvalue weighted by Crippen LogP contribution is 2.48. The number of rotatable bonds is 8. The Balaban J connectivity index is 1.58. The number of ether oxygens (including phenoxy) is 1. The Labute approximate surface area is 168 Å².